The van der Waals surface area contributed by atoms with Crippen molar-refractivity contribution in [1.82, 2.24) is 19.4 Å². The van der Waals surface area contributed by atoms with Crippen molar-refractivity contribution in [3.8, 4) is 5.75 Å². The summed E-state index contributed by atoms with van der Waals surface area (Å²) < 4.78 is 43.8. The first-order valence-corrected chi connectivity index (χ1v) is 12.4. The highest BCUT2D eigenvalue weighted by atomic mass is 19.4. The second kappa shape index (κ2) is 10.2. The van der Waals surface area contributed by atoms with Crippen molar-refractivity contribution in [2.24, 2.45) is 36.6 Å². The third kappa shape index (κ3) is 6.37. The summed E-state index contributed by atoms with van der Waals surface area (Å²) in [5.41, 5.74) is 0.927. The van der Waals surface area contributed by atoms with Crippen LogP contribution in [0.1, 0.15) is 43.2 Å². The van der Waals surface area contributed by atoms with Gasteiger partial charge in [0.1, 0.15) is 11.4 Å². The van der Waals surface area contributed by atoms with E-state index >= 15 is 0 Å². The molecule has 1 saturated heterocycles. The molecule has 2 aliphatic rings. The van der Waals surface area contributed by atoms with Crippen LogP contribution in [-0.4, -0.2) is 57.8 Å². The molecule has 9 heteroatoms. The molecule has 0 spiro atoms. The predicted molar refractivity (Wildman–Crippen MR) is 127 cm³/mol. The molecule has 0 N–H and O–H groups in total. The molecule has 1 aliphatic carbocycles. The molecule has 4 rings (SSSR count). The summed E-state index contributed by atoms with van der Waals surface area (Å²) in [5.74, 6) is 2.41. The molecule has 3 unspecified atom stereocenters. The first-order chi connectivity index (χ1) is 16.5. The van der Waals surface area contributed by atoms with Gasteiger partial charge in [-0.2, -0.15) is 0 Å². The molecule has 1 aliphatic heterocycles. The number of piperidine rings is 1. The molecule has 1 aromatic carbocycles. The predicted octanol–water partition coefficient (Wildman–Crippen LogP) is 4.82. The van der Waals surface area contributed by atoms with Crippen LogP contribution in [0.25, 0.3) is 0 Å². The number of benzene rings is 1. The van der Waals surface area contributed by atoms with Crippen LogP contribution in [0.15, 0.2) is 36.8 Å². The Kier molecular flexibility index (Phi) is 7.45. The second-order valence-corrected chi connectivity index (χ2v) is 10.4. The lowest BCUT2D eigenvalue weighted by molar-refractivity contribution is -0.274. The topological polar surface area (TPSA) is 50.6 Å². The number of alkyl halides is 3. The lowest BCUT2D eigenvalue weighted by Crippen LogP contribution is -2.36. The van der Waals surface area contributed by atoms with Crippen LogP contribution in [0.4, 0.5) is 13.2 Å². The molecule has 1 amide bonds. The number of imidazole rings is 1. The number of nitrogens with zero attached hydrogens (tertiary/aromatic N) is 4. The van der Waals surface area contributed by atoms with E-state index in [0.29, 0.717) is 47.4 Å². The van der Waals surface area contributed by atoms with Gasteiger partial charge in [-0.15, -0.1) is 13.2 Å². The van der Waals surface area contributed by atoms with E-state index in [9.17, 15) is 18.0 Å². The monoisotopic (exact) mass is 492 g/mol. The molecule has 2 fully saturated rings. The molecule has 2 heterocycles. The van der Waals surface area contributed by atoms with E-state index in [4.69, 9.17) is 0 Å². The number of aromatic nitrogens is 2. The molecular formula is C26H35F3N4O2. The molecule has 1 saturated carbocycles. The zero-order valence-electron chi connectivity index (χ0n) is 20.8. The lowest BCUT2D eigenvalue weighted by atomic mass is 9.92. The van der Waals surface area contributed by atoms with Gasteiger partial charge in [0.2, 0.25) is 0 Å². The first-order valence-electron chi connectivity index (χ1n) is 12.4. The molecule has 0 radical (unpaired) electrons. The summed E-state index contributed by atoms with van der Waals surface area (Å²) in [6.45, 7) is 10.8. The first kappa shape index (κ1) is 25.5. The standard InChI is InChI=1S/C26H35F3N4O2/c1-5-19(17(2)3)11-32-12-21-22(13-32)23(21)14-33(25(34)24-15-31(4)16-30-24)10-18-7-6-8-20(9-18)35-26(27,28)29/h6-9,15-17,19,21-23H,5,10-14H2,1-4H3. The normalized spacial score (nSPS) is 22.8. The summed E-state index contributed by atoms with van der Waals surface area (Å²) in [4.78, 5) is 21.8. The van der Waals surface area contributed by atoms with E-state index in [1.165, 1.54) is 24.6 Å². The largest absolute Gasteiger partial charge is 0.573 e. The van der Waals surface area contributed by atoms with Crippen molar-refractivity contribution in [2.75, 3.05) is 26.2 Å². The number of hydrogen-bond acceptors (Lipinski definition) is 4. The Morgan fingerprint density at radius 2 is 1.97 bits per heavy atom. The van der Waals surface area contributed by atoms with E-state index < -0.39 is 6.36 Å². The van der Waals surface area contributed by atoms with Crippen LogP contribution in [0.5, 0.6) is 5.75 Å². The molecule has 35 heavy (non-hydrogen) atoms. The average molecular weight is 493 g/mol. The maximum Gasteiger partial charge on any atom is 0.573 e. The van der Waals surface area contributed by atoms with Gasteiger partial charge in [0.15, 0.2) is 0 Å². The smallest absolute Gasteiger partial charge is 0.406 e. The number of likely N-dealkylation sites (tertiary alicyclic amines) is 1. The van der Waals surface area contributed by atoms with Crippen LogP contribution in [0.2, 0.25) is 0 Å². The number of carbonyl (C=O) groups is 1. The van der Waals surface area contributed by atoms with Gasteiger partial charge < -0.3 is 19.1 Å². The fourth-order valence-corrected chi connectivity index (χ4v) is 5.52. The fraction of sp³-hybridized carbons (Fsp3) is 0.615. The number of carbonyl (C=O) groups excluding carboxylic acids is 1. The third-order valence-corrected chi connectivity index (χ3v) is 7.55. The Labute approximate surface area is 205 Å². The number of ether oxygens (including phenoxy) is 1. The number of halogens is 3. The van der Waals surface area contributed by atoms with Crippen LogP contribution in [-0.2, 0) is 13.6 Å². The van der Waals surface area contributed by atoms with Crippen molar-refractivity contribution in [3.05, 3.63) is 48.0 Å². The van der Waals surface area contributed by atoms with Crippen molar-refractivity contribution in [3.63, 3.8) is 0 Å². The summed E-state index contributed by atoms with van der Waals surface area (Å²) in [6.07, 6.45) is -0.335. The van der Waals surface area contributed by atoms with E-state index in [2.05, 4.69) is 35.4 Å². The van der Waals surface area contributed by atoms with Gasteiger partial charge in [0, 0.05) is 46.0 Å². The van der Waals surface area contributed by atoms with Crippen molar-refractivity contribution < 1.29 is 22.7 Å². The second-order valence-electron chi connectivity index (χ2n) is 10.4. The van der Waals surface area contributed by atoms with Crippen molar-refractivity contribution in [1.29, 1.82) is 0 Å². The number of fused-ring (bicyclic) bond motifs is 1. The van der Waals surface area contributed by atoms with Crippen molar-refractivity contribution in [2.45, 2.75) is 40.1 Å². The van der Waals surface area contributed by atoms with Gasteiger partial charge >= 0.3 is 6.36 Å². The summed E-state index contributed by atoms with van der Waals surface area (Å²) in [7, 11) is 1.80. The molecule has 6 nitrogen and oxygen atoms in total. The van der Waals surface area contributed by atoms with E-state index in [1.807, 2.05) is 0 Å². The maximum atomic E-state index is 13.3. The SMILES string of the molecule is CCC(CN1CC2C(C1)C2CN(Cc1cccc(OC(F)(F)F)c1)C(=O)c1cn(C)cn1)C(C)C. The summed E-state index contributed by atoms with van der Waals surface area (Å²) in [6, 6.07) is 5.84. The molecule has 192 valence electrons. The van der Waals surface area contributed by atoms with Crippen LogP contribution in [0, 0.1) is 29.6 Å². The van der Waals surface area contributed by atoms with Gasteiger partial charge in [0.25, 0.3) is 5.91 Å². The quantitative estimate of drug-likeness (QED) is 0.477. The van der Waals surface area contributed by atoms with Crippen LogP contribution < -0.4 is 4.74 Å². The summed E-state index contributed by atoms with van der Waals surface area (Å²) >= 11 is 0. The highest BCUT2D eigenvalue weighted by Gasteiger charge is 2.56. The minimum absolute atomic E-state index is 0.204. The fourth-order valence-electron chi connectivity index (χ4n) is 5.52. The Morgan fingerprint density at radius 3 is 2.54 bits per heavy atom. The average Bonchev–Trinajstić information content (AvgIpc) is 3.10. The van der Waals surface area contributed by atoms with Gasteiger partial charge in [0.05, 0.1) is 6.33 Å². The Hall–Kier alpha value is -2.55. The number of rotatable bonds is 10. The van der Waals surface area contributed by atoms with E-state index in [1.54, 1.807) is 35.1 Å². The van der Waals surface area contributed by atoms with Crippen molar-refractivity contribution >= 4 is 5.91 Å². The molecular weight excluding hydrogens is 457 g/mol. The minimum atomic E-state index is -4.76. The highest BCUT2D eigenvalue weighted by Crippen LogP contribution is 2.52. The lowest BCUT2D eigenvalue weighted by Gasteiger charge is -2.28. The number of aryl methyl sites for hydroxylation is 1. The molecule has 3 atom stereocenters. The number of amides is 1. The van der Waals surface area contributed by atoms with Crippen LogP contribution >= 0.6 is 0 Å². The van der Waals surface area contributed by atoms with Crippen LogP contribution in [0.3, 0.4) is 0 Å². The molecule has 0 bridgehead atoms. The minimum Gasteiger partial charge on any atom is -0.406 e. The zero-order valence-corrected chi connectivity index (χ0v) is 20.8. The number of hydrogen-bond donors (Lipinski definition) is 0. The Bertz CT molecular complexity index is 1010. The van der Waals surface area contributed by atoms with Gasteiger partial charge in [-0.1, -0.05) is 39.3 Å². The van der Waals surface area contributed by atoms with Gasteiger partial charge in [-0.05, 0) is 47.3 Å². The highest BCUT2D eigenvalue weighted by molar-refractivity contribution is 5.92. The van der Waals surface area contributed by atoms with E-state index in [0.717, 1.165) is 19.6 Å². The third-order valence-electron chi connectivity index (χ3n) is 7.55. The Balaban J connectivity index is 1.43. The van der Waals surface area contributed by atoms with Gasteiger partial charge in [-0.25, -0.2) is 4.98 Å². The molecule has 1 aromatic heterocycles. The van der Waals surface area contributed by atoms with Gasteiger partial charge in [-0.3, -0.25) is 4.79 Å². The molecule has 2 aromatic rings. The maximum absolute atomic E-state index is 13.3. The Morgan fingerprint density at radius 1 is 1.26 bits per heavy atom. The van der Waals surface area contributed by atoms with E-state index in [-0.39, 0.29) is 18.2 Å². The zero-order chi connectivity index (χ0) is 25.3. The summed E-state index contributed by atoms with van der Waals surface area (Å²) in [5, 5.41) is 0.